The van der Waals surface area contributed by atoms with E-state index in [0.717, 1.165) is 18.6 Å². The van der Waals surface area contributed by atoms with Crippen molar-refractivity contribution in [3.63, 3.8) is 0 Å². The van der Waals surface area contributed by atoms with Gasteiger partial charge >= 0.3 is 0 Å². The lowest BCUT2D eigenvalue weighted by Gasteiger charge is -2.22. The summed E-state index contributed by atoms with van der Waals surface area (Å²) in [5, 5.41) is 2.88. The minimum Gasteiger partial charge on any atom is -0.468 e. The van der Waals surface area contributed by atoms with Crippen molar-refractivity contribution < 1.29 is 17.6 Å². The third kappa shape index (κ3) is 4.40. The molecule has 27 heavy (non-hydrogen) atoms. The average molecular weight is 391 g/mol. The molecule has 7 nitrogen and oxygen atoms in total. The largest absolute Gasteiger partial charge is 0.468 e. The molecule has 0 spiro atoms. The van der Waals surface area contributed by atoms with Gasteiger partial charge in [0.1, 0.15) is 5.76 Å². The average Bonchev–Trinajstić information content (AvgIpc) is 3.36. The Bertz CT molecular complexity index is 855. The van der Waals surface area contributed by atoms with E-state index in [0.29, 0.717) is 25.2 Å². The fraction of sp³-hybridized carbons (Fsp3) is 0.421. The summed E-state index contributed by atoms with van der Waals surface area (Å²) in [5.41, 5.74) is 0.423. The van der Waals surface area contributed by atoms with E-state index in [1.54, 1.807) is 18.4 Å². The Morgan fingerprint density at radius 3 is 2.41 bits per heavy atom. The molecule has 2 aromatic rings. The van der Waals surface area contributed by atoms with E-state index in [2.05, 4.69) is 5.32 Å². The molecule has 1 unspecified atom stereocenters. The van der Waals surface area contributed by atoms with E-state index < -0.39 is 10.0 Å². The molecule has 3 rings (SSSR count). The van der Waals surface area contributed by atoms with Gasteiger partial charge in [0.2, 0.25) is 10.0 Å². The smallest absolute Gasteiger partial charge is 0.251 e. The molecule has 1 N–H and O–H groups in total. The Balaban J connectivity index is 1.65. The SMILES string of the molecule is CN(C)C(CNC(=O)c1ccc(S(=O)(=O)N2CCCC2)cc1)c1ccco1. The number of hydrogen-bond acceptors (Lipinski definition) is 5. The summed E-state index contributed by atoms with van der Waals surface area (Å²) >= 11 is 0. The van der Waals surface area contributed by atoms with E-state index >= 15 is 0 Å². The summed E-state index contributed by atoms with van der Waals surface area (Å²) in [6, 6.07) is 9.70. The number of nitrogens with one attached hydrogen (secondary N) is 1. The van der Waals surface area contributed by atoms with Crippen LogP contribution in [0, 0.1) is 0 Å². The Morgan fingerprint density at radius 2 is 1.85 bits per heavy atom. The molecule has 0 saturated carbocycles. The first-order chi connectivity index (χ1) is 12.9. The predicted molar refractivity (Wildman–Crippen MR) is 102 cm³/mol. The van der Waals surface area contributed by atoms with Gasteiger partial charge in [0, 0.05) is 25.2 Å². The lowest BCUT2D eigenvalue weighted by molar-refractivity contribution is 0.0939. The molecule has 2 heterocycles. The first-order valence-electron chi connectivity index (χ1n) is 8.98. The second-order valence-corrected chi connectivity index (χ2v) is 8.78. The first-order valence-corrected chi connectivity index (χ1v) is 10.4. The Morgan fingerprint density at radius 1 is 1.19 bits per heavy atom. The van der Waals surface area contributed by atoms with Gasteiger partial charge in [-0.05, 0) is 63.3 Å². The molecule has 1 saturated heterocycles. The molecular formula is C19H25N3O4S. The normalized spacial score (nSPS) is 16.6. The van der Waals surface area contributed by atoms with E-state index in [1.165, 1.54) is 16.4 Å². The van der Waals surface area contributed by atoms with Crippen LogP contribution in [-0.2, 0) is 10.0 Å². The zero-order valence-electron chi connectivity index (χ0n) is 15.6. The molecule has 8 heteroatoms. The minimum absolute atomic E-state index is 0.0845. The number of carbonyl (C=O) groups is 1. The second kappa shape index (κ2) is 8.24. The van der Waals surface area contributed by atoms with Gasteiger partial charge in [-0.2, -0.15) is 4.31 Å². The van der Waals surface area contributed by atoms with Crippen LogP contribution in [-0.4, -0.2) is 57.3 Å². The van der Waals surface area contributed by atoms with E-state index in [9.17, 15) is 13.2 Å². The molecule has 1 atom stereocenters. The Labute approximate surface area is 160 Å². The number of hydrogen-bond donors (Lipinski definition) is 1. The van der Waals surface area contributed by atoms with Crippen LogP contribution in [0.15, 0.2) is 52.0 Å². The molecule has 1 aromatic heterocycles. The quantitative estimate of drug-likeness (QED) is 0.782. The molecular weight excluding hydrogens is 366 g/mol. The number of likely N-dealkylation sites (N-methyl/N-ethyl adjacent to an activating group) is 1. The number of carbonyl (C=O) groups excluding carboxylic acids is 1. The van der Waals surface area contributed by atoms with Crippen LogP contribution in [0.4, 0.5) is 0 Å². The molecule has 146 valence electrons. The number of furan rings is 1. The van der Waals surface area contributed by atoms with Crippen LogP contribution in [0.5, 0.6) is 0 Å². The molecule has 0 aliphatic carbocycles. The van der Waals surface area contributed by atoms with Crippen molar-refractivity contribution in [1.82, 2.24) is 14.5 Å². The van der Waals surface area contributed by atoms with Crippen LogP contribution >= 0.6 is 0 Å². The summed E-state index contributed by atoms with van der Waals surface area (Å²) in [5.74, 6) is 0.519. The maximum Gasteiger partial charge on any atom is 0.251 e. The van der Waals surface area contributed by atoms with Crippen LogP contribution in [0.1, 0.15) is 35.0 Å². The Kier molecular flexibility index (Phi) is 5.98. The van der Waals surface area contributed by atoms with Crippen molar-refractivity contribution in [2.24, 2.45) is 0 Å². The monoisotopic (exact) mass is 391 g/mol. The fourth-order valence-electron chi connectivity index (χ4n) is 3.17. The van der Waals surface area contributed by atoms with Gasteiger partial charge in [-0.15, -0.1) is 0 Å². The van der Waals surface area contributed by atoms with Crippen LogP contribution in [0.25, 0.3) is 0 Å². The highest BCUT2D eigenvalue weighted by molar-refractivity contribution is 7.89. The van der Waals surface area contributed by atoms with Gasteiger partial charge in [0.15, 0.2) is 0 Å². The summed E-state index contributed by atoms with van der Waals surface area (Å²) in [6.45, 7) is 1.50. The zero-order valence-corrected chi connectivity index (χ0v) is 16.4. The van der Waals surface area contributed by atoms with E-state index in [-0.39, 0.29) is 16.8 Å². The first kappa shape index (κ1) is 19.6. The third-order valence-electron chi connectivity index (χ3n) is 4.77. The maximum absolute atomic E-state index is 12.5. The zero-order chi connectivity index (χ0) is 19.4. The summed E-state index contributed by atoms with van der Waals surface area (Å²) < 4.78 is 32.0. The van der Waals surface area contributed by atoms with Crippen molar-refractivity contribution >= 4 is 15.9 Å². The summed E-state index contributed by atoms with van der Waals surface area (Å²) in [4.78, 5) is 14.6. The van der Waals surface area contributed by atoms with E-state index in [4.69, 9.17) is 4.42 Å². The van der Waals surface area contributed by atoms with E-state index in [1.807, 2.05) is 31.1 Å². The lowest BCUT2D eigenvalue weighted by Crippen LogP contribution is -2.34. The second-order valence-electron chi connectivity index (χ2n) is 6.84. The summed E-state index contributed by atoms with van der Waals surface area (Å²) in [7, 11) is 0.363. The highest BCUT2D eigenvalue weighted by atomic mass is 32.2. The van der Waals surface area contributed by atoms with Crippen LogP contribution in [0.2, 0.25) is 0 Å². The van der Waals surface area contributed by atoms with Crippen molar-refractivity contribution in [3.05, 3.63) is 54.0 Å². The number of benzene rings is 1. The van der Waals surface area contributed by atoms with Gasteiger partial charge in [-0.25, -0.2) is 8.42 Å². The van der Waals surface area contributed by atoms with Crippen molar-refractivity contribution in [3.8, 4) is 0 Å². The summed E-state index contributed by atoms with van der Waals surface area (Å²) in [6.07, 6.45) is 3.39. The fourth-order valence-corrected chi connectivity index (χ4v) is 4.68. The molecule has 1 aliphatic heterocycles. The predicted octanol–water partition coefficient (Wildman–Crippen LogP) is 2.10. The number of amides is 1. The van der Waals surface area contributed by atoms with Crippen LogP contribution < -0.4 is 5.32 Å². The maximum atomic E-state index is 12.5. The Hall–Kier alpha value is -2.16. The van der Waals surface area contributed by atoms with Crippen molar-refractivity contribution in [2.45, 2.75) is 23.8 Å². The number of rotatable bonds is 7. The highest BCUT2D eigenvalue weighted by Crippen LogP contribution is 2.21. The topological polar surface area (TPSA) is 82.9 Å². The van der Waals surface area contributed by atoms with Gasteiger partial charge in [0.25, 0.3) is 5.91 Å². The van der Waals surface area contributed by atoms with Crippen molar-refractivity contribution in [1.29, 1.82) is 0 Å². The van der Waals surface area contributed by atoms with Gasteiger partial charge in [-0.3, -0.25) is 9.69 Å². The lowest BCUT2D eigenvalue weighted by atomic mass is 10.2. The minimum atomic E-state index is -3.47. The molecule has 1 fully saturated rings. The molecule has 1 aliphatic rings. The van der Waals surface area contributed by atoms with Crippen molar-refractivity contribution in [2.75, 3.05) is 33.7 Å². The highest BCUT2D eigenvalue weighted by Gasteiger charge is 2.27. The third-order valence-corrected chi connectivity index (χ3v) is 6.68. The van der Waals surface area contributed by atoms with Crippen LogP contribution in [0.3, 0.4) is 0 Å². The molecule has 0 bridgehead atoms. The number of sulfonamides is 1. The molecule has 0 radical (unpaired) electrons. The standard InChI is InChI=1S/C19H25N3O4S/c1-21(2)17(18-6-5-13-26-18)14-20-19(23)15-7-9-16(10-8-15)27(24,25)22-11-3-4-12-22/h5-10,13,17H,3-4,11-12,14H2,1-2H3,(H,20,23). The van der Waals surface area contributed by atoms with Gasteiger partial charge in [0.05, 0.1) is 17.2 Å². The molecule has 1 aromatic carbocycles. The van der Waals surface area contributed by atoms with Gasteiger partial charge < -0.3 is 9.73 Å². The molecule has 1 amide bonds. The van der Waals surface area contributed by atoms with Gasteiger partial charge in [-0.1, -0.05) is 0 Å². The number of nitrogens with zero attached hydrogens (tertiary/aromatic N) is 2.